The number of halogens is 1. The fraction of sp³-hybridized carbons (Fsp3) is 0.286. The second-order valence-corrected chi connectivity index (χ2v) is 6.41. The Morgan fingerprint density at radius 2 is 1.73 bits per heavy atom. The first-order valence-corrected chi connectivity index (χ1v) is 8.84. The smallest absolute Gasteiger partial charge is 0.191 e. The van der Waals surface area contributed by atoms with Crippen LogP contribution in [-0.2, 0) is 13.1 Å². The standard InChI is InChI=1S/C21H25FN4/c1-16-8-9-18(13-20(16)22)15-25-21(23-2)24-14-17-6-5-7-19(12-17)26-10-3-4-11-26/h3-9,12-13H,10-11,14-15H2,1-2H3,(H2,23,24,25). The zero-order valence-electron chi connectivity index (χ0n) is 15.3. The van der Waals surface area contributed by atoms with Crippen LogP contribution in [0.2, 0.25) is 0 Å². The van der Waals surface area contributed by atoms with Crippen LogP contribution in [0.3, 0.4) is 0 Å². The Morgan fingerprint density at radius 1 is 1.04 bits per heavy atom. The lowest BCUT2D eigenvalue weighted by Crippen LogP contribution is -2.36. The van der Waals surface area contributed by atoms with Crippen molar-refractivity contribution in [1.29, 1.82) is 0 Å². The average molecular weight is 352 g/mol. The third-order valence-electron chi connectivity index (χ3n) is 4.47. The van der Waals surface area contributed by atoms with Crippen molar-refractivity contribution in [2.45, 2.75) is 20.0 Å². The lowest BCUT2D eigenvalue weighted by molar-refractivity contribution is 0.615. The molecule has 2 N–H and O–H groups in total. The predicted octanol–water partition coefficient (Wildman–Crippen LogP) is 3.38. The first-order valence-electron chi connectivity index (χ1n) is 8.84. The summed E-state index contributed by atoms with van der Waals surface area (Å²) in [5, 5.41) is 6.53. The Kier molecular flexibility index (Phi) is 5.89. The molecule has 26 heavy (non-hydrogen) atoms. The highest BCUT2D eigenvalue weighted by atomic mass is 19.1. The third-order valence-corrected chi connectivity index (χ3v) is 4.47. The second kappa shape index (κ2) is 8.52. The molecule has 0 aromatic heterocycles. The summed E-state index contributed by atoms with van der Waals surface area (Å²) in [5.41, 5.74) is 3.97. The lowest BCUT2D eigenvalue weighted by Gasteiger charge is -2.19. The van der Waals surface area contributed by atoms with E-state index >= 15 is 0 Å². The normalized spacial score (nSPS) is 14.0. The molecule has 0 saturated heterocycles. The van der Waals surface area contributed by atoms with Crippen LogP contribution in [0.5, 0.6) is 0 Å². The minimum Gasteiger partial charge on any atom is -0.364 e. The molecule has 0 fully saturated rings. The van der Waals surface area contributed by atoms with Gasteiger partial charge in [-0.1, -0.05) is 36.4 Å². The molecule has 0 spiro atoms. The van der Waals surface area contributed by atoms with Crippen LogP contribution in [0.4, 0.5) is 10.1 Å². The Morgan fingerprint density at radius 3 is 2.38 bits per heavy atom. The van der Waals surface area contributed by atoms with E-state index < -0.39 is 0 Å². The van der Waals surface area contributed by atoms with Crippen LogP contribution in [0.15, 0.2) is 59.6 Å². The SMILES string of the molecule is CN=C(NCc1cccc(N2CC=CC2)c1)NCc1ccc(C)c(F)c1. The minimum atomic E-state index is -0.180. The highest BCUT2D eigenvalue weighted by molar-refractivity contribution is 5.79. The molecule has 1 aliphatic rings. The minimum absolute atomic E-state index is 0.180. The molecule has 0 unspecified atom stereocenters. The third kappa shape index (κ3) is 4.63. The number of nitrogens with one attached hydrogen (secondary N) is 2. The van der Waals surface area contributed by atoms with Gasteiger partial charge in [0.1, 0.15) is 5.82 Å². The number of hydrogen-bond donors (Lipinski definition) is 2. The van der Waals surface area contributed by atoms with Crippen molar-refractivity contribution in [3.05, 3.63) is 77.1 Å². The number of nitrogens with zero attached hydrogens (tertiary/aromatic N) is 2. The van der Waals surface area contributed by atoms with E-state index in [1.807, 2.05) is 6.07 Å². The molecule has 5 heteroatoms. The Balaban J connectivity index is 1.54. The summed E-state index contributed by atoms with van der Waals surface area (Å²) in [6.45, 7) is 4.90. The quantitative estimate of drug-likeness (QED) is 0.492. The van der Waals surface area contributed by atoms with Crippen molar-refractivity contribution in [1.82, 2.24) is 10.6 Å². The Hall–Kier alpha value is -2.82. The molecule has 4 nitrogen and oxygen atoms in total. The van der Waals surface area contributed by atoms with Crippen molar-refractivity contribution in [3.63, 3.8) is 0 Å². The first kappa shape index (κ1) is 18.0. The van der Waals surface area contributed by atoms with E-state index in [4.69, 9.17) is 0 Å². The van der Waals surface area contributed by atoms with E-state index in [1.54, 1.807) is 26.1 Å². The summed E-state index contributed by atoms with van der Waals surface area (Å²) in [6.07, 6.45) is 4.37. The molecule has 0 radical (unpaired) electrons. The van der Waals surface area contributed by atoms with Gasteiger partial charge in [-0.2, -0.15) is 0 Å². The summed E-state index contributed by atoms with van der Waals surface area (Å²) >= 11 is 0. The van der Waals surface area contributed by atoms with E-state index in [9.17, 15) is 4.39 Å². The molecule has 2 aromatic rings. The number of rotatable bonds is 5. The van der Waals surface area contributed by atoms with Gasteiger partial charge in [0.25, 0.3) is 0 Å². The molecule has 1 aliphatic heterocycles. The summed E-state index contributed by atoms with van der Waals surface area (Å²) in [4.78, 5) is 6.56. The number of hydrogen-bond acceptors (Lipinski definition) is 2. The number of anilines is 1. The fourth-order valence-electron chi connectivity index (χ4n) is 2.89. The molecule has 1 heterocycles. The largest absolute Gasteiger partial charge is 0.364 e. The highest BCUT2D eigenvalue weighted by Gasteiger charge is 2.08. The van der Waals surface area contributed by atoms with Gasteiger partial charge >= 0.3 is 0 Å². The highest BCUT2D eigenvalue weighted by Crippen LogP contribution is 2.18. The van der Waals surface area contributed by atoms with E-state index in [1.165, 1.54) is 11.3 Å². The van der Waals surface area contributed by atoms with Crippen LogP contribution in [0.1, 0.15) is 16.7 Å². The Bertz CT molecular complexity index is 805. The number of guanidine groups is 1. The number of aryl methyl sites for hydroxylation is 1. The van der Waals surface area contributed by atoms with Gasteiger partial charge in [-0.3, -0.25) is 4.99 Å². The number of aliphatic imine (C=N–C) groups is 1. The van der Waals surface area contributed by atoms with Gasteiger partial charge in [0.2, 0.25) is 0 Å². The molecule has 2 aromatic carbocycles. The monoisotopic (exact) mass is 352 g/mol. The lowest BCUT2D eigenvalue weighted by atomic mass is 10.1. The summed E-state index contributed by atoms with van der Waals surface area (Å²) < 4.78 is 13.6. The molecular weight excluding hydrogens is 327 g/mol. The topological polar surface area (TPSA) is 39.7 Å². The fourth-order valence-corrected chi connectivity index (χ4v) is 2.89. The molecule has 0 bridgehead atoms. The van der Waals surface area contributed by atoms with Crippen molar-refractivity contribution < 1.29 is 4.39 Å². The van der Waals surface area contributed by atoms with Gasteiger partial charge < -0.3 is 15.5 Å². The Labute approximate surface area is 154 Å². The van der Waals surface area contributed by atoms with Crippen molar-refractivity contribution in [2.24, 2.45) is 4.99 Å². The molecule has 0 amide bonds. The maximum Gasteiger partial charge on any atom is 0.191 e. The molecule has 136 valence electrons. The molecule has 0 saturated carbocycles. The van der Waals surface area contributed by atoms with Crippen molar-refractivity contribution in [3.8, 4) is 0 Å². The van der Waals surface area contributed by atoms with E-state index in [2.05, 4.69) is 56.9 Å². The van der Waals surface area contributed by atoms with Gasteiger partial charge in [-0.15, -0.1) is 0 Å². The summed E-state index contributed by atoms with van der Waals surface area (Å²) in [5.74, 6) is 0.514. The maximum atomic E-state index is 13.6. The summed E-state index contributed by atoms with van der Waals surface area (Å²) in [6, 6.07) is 13.8. The van der Waals surface area contributed by atoms with Crippen LogP contribution < -0.4 is 15.5 Å². The number of benzene rings is 2. The van der Waals surface area contributed by atoms with Crippen molar-refractivity contribution in [2.75, 3.05) is 25.0 Å². The molecule has 3 rings (SSSR count). The van der Waals surface area contributed by atoms with Crippen LogP contribution >= 0.6 is 0 Å². The van der Waals surface area contributed by atoms with Crippen molar-refractivity contribution >= 4 is 11.6 Å². The maximum absolute atomic E-state index is 13.6. The van der Waals surface area contributed by atoms with Gasteiger partial charge in [0, 0.05) is 38.9 Å². The predicted molar refractivity (Wildman–Crippen MR) is 106 cm³/mol. The van der Waals surface area contributed by atoms with E-state index in [0.717, 1.165) is 18.7 Å². The van der Waals surface area contributed by atoms with Gasteiger partial charge in [0.05, 0.1) is 0 Å². The van der Waals surface area contributed by atoms with Crippen LogP contribution in [-0.4, -0.2) is 26.1 Å². The van der Waals surface area contributed by atoms with E-state index in [-0.39, 0.29) is 5.82 Å². The van der Waals surface area contributed by atoms with Crippen LogP contribution in [0, 0.1) is 12.7 Å². The second-order valence-electron chi connectivity index (χ2n) is 6.41. The summed E-state index contributed by atoms with van der Waals surface area (Å²) in [7, 11) is 1.73. The van der Waals surface area contributed by atoms with Crippen LogP contribution in [0.25, 0.3) is 0 Å². The van der Waals surface area contributed by atoms with Gasteiger partial charge in [0.15, 0.2) is 5.96 Å². The van der Waals surface area contributed by atoms with Gasteiger partial charge in [-0.25, -0.2) is 4.39 Å². The van der Waals surface area contributed by atoms with Gasteiger partial charge in [-0.05, 0) is 41.8 Å². The molecular formula is C21H25FN4. The first-order chi connectivity index (χ1) is 12.7. The zero-order valence-corrected chi connectivity index (χ0v) is 15.3. The zero-order chi connectivity index (χ0) is 18.4. The molecule has 0 atom stereocenters. The van der Waals surface area contributed by atoms with E-state index in [0.29, 0.717) is 24.6 Å². The average Bonchev–Trinajstić information content (AvgIpc) is 3.20. The molecule has 0 aliphatic carbocycles.